The van der Waals surface area contributed by atoms with Gasteiger partial charge in [-0.15, -0.1) is 0 Å². The van der Waals surface area contributed by atoms with Crippen LogP contribution in [-0.4, -0.2) is 62.3 Å². The van der Waals surface area contributed by atoms with E-state index in [0.717, 1.165) is 0 Å². The molecular weight excluding hydrogens is 380 g/mol. The lowest BCUT2D eigenvalue weighted by Crippen LogP contribution is -2.56. The van der Waals surface area contributed by atoms with Gasteiger partial charge < -0.3 is 20.0 Å². The van der Waals surface area contributed by atoms with Crippen molar-refractivity contribution in [2.75, 3.05) is 13.1 Å². The highest BCUT2D eigenvalue weighted by molar-refractivity contribution is 6.30. The number of aliphatic hydroxyl groups is 1. The smallest absolute Gasteiger partial charge is 0.407 e. The molecule has 6 nitrogen and oxygen atoms in total. The van der Waals surface area contributed by atoms with Crippen molar-refractivity contribution >= 4 is 23.6 Å². The van der Waals surface area contributed by atoms with Crippen LogP contribution in [0.25, 0.3) is 0 Å². The summed E-state index contributed by atoms with van der Waals surface area (Å²) in [6.45, 7) is 9.78. The Morgan fingerprint density at radius 2 is 1.75 bits per heavy atom. The maximum absolute atomic E-state index is 13.3. The topological polar surface area (TPSA) is 81.1 Å². The zero-order chi connectivity index (χ0) is 21.3. The van der Waals surface area contributed by atoms with Crippen LogP contribution in [0.3, 0.4) is 0 Å². The maximum Gasteiger partial charge on any atom is 0.407 e. The molecule has 0 spiro atoms. The van der Waals surface area contributed by atoms with Gasteiger partial charge in [0.25, 0.3) is 0 Å². The van der Waals surface area contributed by atoms with Crippen LogP contribution in [0.15, 0.2) is 24.3 Å². The number of hydrogen-bond donors (Lipinski definition) is 2. The Hall–Kier alpha value is -1.79. The summed E-state index contributed by atoms with van der Waals surface area (Å²) in [4.78, 5) is 28.2. The molecule has 1 aliphatic rings. The zero-order valence-electron chi connectivity index (χ0n) is 17.3. The Kier molecular flexibility index (Phi) is 6.66. The van der Waals surface area contributed by atoms with Gasteiger partial charge in [-0.1, -0.05) is 23.7 Å². The Labute approximate surface area is 172 Å². The lowest BCUT2D eigenvalue weighted by Gasteiger charge is -2.44. The third kappa shape index (κ3) is 5.17. The van der Waals surface area contributed by atoms with Crippen molar-refractivity contribution in [3.63, 3.8) is 0 Å². The summed E-state index contributed by atoms with van der Waals surface area (Å²) in [6.07, 6.45) is 0.206. The predicted molar refractivity (Wildman–Crippen MR) is 110 cm³/mol. The molecule has 1 aliphatic heterocycles. The first-order valence-electron chi connectivity index (χ1n) is 9.61. The van der Waals surface area contributed by atoms with Gasteiger partial charge in [-0.3, -0.25) is 4.79 Å². The van der Waals surface area contributed by atoms with E-state index in [0.29, 0.717) is 36.5 Å². The van der Waals surface area contributed by atoms with Gasteiger partial charge in [0.2, 0.25) is 5.91 Å². The number of carboxylic acid groups (broad SMARTS) is 1. The van der Waals surface area contributed by atoms with Crippen molar-refractivity contribution in [3.05, 3.63) is 34.9 Å². The van der Waals surface area contributed by atoms with Crippen LogP contribution < -0.4 is 0 Å². The summed E-state index contributed by atoms with van der Waals surface area (Å²) in [5.74, 6) is -0.896. The molecule has 2 N–H and O–H groups in total. The van der Waals surface area contributed by atoms with Gasteiger partial charge in [0.1, 0.15) is 0 Å². The van der Waals surface area contributed by atoms with Crippen molar-refractivity contribution in [2.24, 2.45) is 0 Å². The molecule has 1 aromatic carbocycles. The van der Waals surface area contributed by atoms with E-state index in [4.69, 9.17) is 11.6 Å². The summed E-state index contributed by atoms with van der Waals surface area (Å²) in [5, 5.41) is 20.8. The van der Waals surface area contributed by atoms with Gasteiger partial charge in [0, 0.05) is 29.7 Å². The quantitative estimate of drug-likeness (QED) is 0.787. The second-order valence-corrected chi connectivity index (χ2v) is 9.46. The number of amides is 2. The molecule has 0 saturated carbocycles. The largest absolute Gasteiger partial charge is 0.465 e. The van der Waals surface area contributed by atoms with Crippen LogP contribution in [-0.2, 0) is 4.79 Å². The van der Waals surface area contributed by atoms with Crippen LogP contribution in [0.2, 0.25) is 5.02 Å². The molecule has 0 aliphatic carbocycles. The highest BCUT2D eigenvalue weighted by atomic mass is 35.5. The van der Waals surface area contributed by atoms with Gasteiger partial charge >= 0.3 is 6.09 Å². The lowest BCUT2D eigenvalue weighted by atomic mass is 9.83. The van der Waals surface area contributed by atoms with Gasteiger partial charge in [-0.25, -0.2) is 4.79 Å². The van der Waals surface area contributed by atoms with Gasteiger partial charge in [0.15, 0.2) is 0 Å². The van der Waals surface area contributed by atoms with Crippen LogP contribution in [0.4, 0.5) is 4.79 Å². The van der Waals surface area contributed by atoms with E-state index in [9.17, 15) is 19.8 Å². The molecule has 0 aromatic heterocycles. The molecule has 0 bridgehead atoms. The van der Waals surface area contributed by atoms with Gasteiger partial charge in [-0.2, -0.15) is 0 Å². The minimum absolute atomic E-state index is 0.131. The average molecular weight is 411 g/mol. The molecule has 0 radical (unpaired) electrons. The molecule has 28 heavy (non-hydrogen) atoms. The van der Waals surface area contributed by atoms with E-state index in [1.807, 2.05) is 20.8 Å². The van der Waals surface area contributed by atoms with E-state index in [-0.39, 0.29) is 11.9 Å². The lowest BCUT2D eigenvalue weighted by molar-refractivity contribution is -0.139. The number of hydrogen-bond acceptors (Lipinski definition) is 3. The molecule has 156 valence electrons. The number of halogens is 1. The normalized spacial score (nSPS) is 17.3. The Morgan fingerprint density at radius 1 is 1.18 bits per heavy atom. The van der Waals surface area contributed by atoms with Crippen molar-refractivity contribution < 1.29 is 19.8 Å². The number of nitrogens with zero attached hydrogens (tertiary/aromatic N) is 2. The molecule has 2 amide bonds. The fourth-order valence-corrected chi connectivity index (χ4v) is 4.26. The third-order valence-corrected chi connectivity index (χ3v) is 5.44. The van der Waals surface area contributed by atoms with Crippen LogP contribution in [0, 0.1) is 0 Å². The first-order chi connectivity index (χ1) is 12.8. The van der Waals surface area contributed by atoms with Crippen molar-refractivity contribution in [1.82, 2.24) is 9.80 Å². The minimum Gasteiger partial charge on any atom is -0.465 e. The van der Waals surface area contributed by atoms with Crippen molar-refractivity contribution in [1.29, 1.82) is 0 Å². The van der Waals surface area contributed by atoms with E-state index in [1.54, 1.807) is 43.0 Å². The highest BCUT2D eigenvalue weighted by Gasteiger charge is 2.41. The molecule has 1 atom stereocenters. The van der Waals surface area contributed by atoms with Gasteiger partial charge in [-0.05, 0) is 65.2 Å². The molecule has 1 unspecified atom stereocenters. The summed E-state index contributed by atoms with van der Waals surface area (Å²) < 4.78 is 0. The number of benzene rings is 1. The van der Waals surface area contributed by atoms with Crippen LogP contribution in [0.5, 0.6) is 0 Å². The number of piperidine rings is 1. The third-order valence-electron chi connectivity index (χ3n) is 5.21. The van der Waals surface area contributed by atoms with Crippen LogP contribution >= 0.6 is 11.6 Å². The number of likely N-dealkylation sites (tertiary alicyclic amines) is 1. The summed E-state index contributed by atoms with van der Waals surface area (Å²) in [5.41, 5.74) is -1.08. The number of rotatable bonds is 4. The first kappa shape index (κ1) is 22.5. The molecule has 1 fully saturated rings. The number of carbonyl (C=O) groups is 2. The fraction of sp³-hybridized carbons (Fsp3) is 0.619. The Balaban J connectivity index is 2.17. The average Bonchev–Trinajstić information content (AvgIpc) is 2.52. The second-order valence-electron chi connectivity index (χ2n) is 9.02. The Morgan fingerprint density at radius 3 is 2.18 bits per heavy atom. The minimum atomic E-state index is -1.25. The number of carbonyl (C=O) groups excluding carboxylic acids is 1. The monoisotopic (exact) mass is 410 g/mol. The fourth-order valence-electron chi connectivity index (χ4n) is 4.06. The van der Waals surface area contributed by atoms with Gasteiger partial charge in [0.05, 0.1) is 11.5 Å². The molecule has 1 saturated heterocycles. The first-order valence-corrected chi connectivity index (χ1v) is 9.99. The molecule has 2 rings (SSSR count). The molecule has 1 aromatic rings. The summed E-state index contributed by atoms with van der Waals surface area (Å²) in [6, 6.07) is 6.87. The zero-order valence-corrected chi connectivity index (χ0v) is 18.0. The second kappa shape index (κ2) is 8.29. The standard InChI is InChI=1S/C21H31ClN2O4/c1-20(2,3)24(19(26)27)16-9-11-23(12-10-16)18(25)17(21(4,5)28)14-7-6-8-15(22)13-14/h6-8,13,16-17,28H,9-12H2,1-5H3,(H,26,27). The summed E-state index contributed by atoms with van der Waals surface area (Å²) >= 11 is 6.09. The predicted octanol–water partition coefficient (Wildman–Crippen LogP) is 3.96. The Bertz CT molecular complexity index is 716. The van der Waals surface area contributed by atoms with E-state index in [1.165, 1.54) is 4.90 Å². The molecular formula is C21H31ClN2O4. The van der Waals surface area contributed by atoms with Crippen molar-refractivity contribution in [2.45, 2.75) is 70.6 Å². The highest BCUT2D eigenvalue weighted by Crippen LogP contribution is 2.33. The van der Waals surface area contributed by atoms with E-state index >= 15 is 0 Å². The van der Waals surface area contributed by atoms with E-state index < -0.39 is 23.2 Å². The summed E-state index contributed by atoms with van der Waals surface area (Å²) in [7, 11) is 0. The van der Waals surface area contributed by atoms with Crippen LogP contribution in [0.1, 0.15) is 58.9 Å². The maximum atomic E-state index is 13.3. The molecule has 7 heteroatoms. The van der Waals surface area contributed by atoms with Crippen molar-refractivity contribution in [3.8, 4) is 0 Å². The van der Waals surface area contributed by atoms with E-state index in [2.05, 4.69) is 0 Å². The SMILES string of the molecule is CC(C)(O)C(C(=O)N1CCC(N(C(=O)O)C(C)(C)C)CC1)c1cccc(Cl)c1. The molecule has 1 heterocycles.